The lowest BCUT2D eigenvalue weighted by atomic mass is 9.99. The van der Waals surface area contributed by atoms with E-state index in [1.807, 2.05) is 0 Å². The molecule has 0 bridgehead atoms. The van der Waals surface area contributed by atoms with E-state index in [1.54, 1.807) is 0 Å². The zero-order valence-corrected chi connectivity index (χ0v) is 18.1. The fraction of sp³-hybridized carbons (Fsp3) is 1.00. The SMILES string of the molecule is CCCCCCCCCCCCCCCCCC(C)(C)ONCCC. The summed E-state index contributed by atoms with van der Waals surface area (Å²) in [4.78, 5) is 5.74. The van der Waals surface area contributed by atoms with E-state index in [0.29, 0.717) is 0 Å². The fourth-order valence-corrected chi connectivity index (χ4v) is 3.32. The van der Waals surface area contributed by atoms with Gasteiger partial charge in [-0.1, -0.05) is 110 Å². The number of unbranched alkanes of at least 4 members (excludes halogenated alkanes) is 14. The summed E-state index contributed by atoms with van der Waals surface area (Å²) in [5.41, 5.74) is 3.06. The second-order valence-electron chi connectivity index (χ2n) is 8.46. The van der Waals surface area contributed by atoms with E-state index < -0.39 is 0 Å². The van der Waals surface area contributed by atoms with Crippen LogP contribution in [0.2, 0.25) is 0 Å². The molecule has 0 fully saturated rings. The molecular weight excluding hydrogens is 306 g/mol. The van der Waals surface area contributed by atoms with Gasteiger partial charge in [0, 0.05) is 6.54 Å². The van der Waals surface area contributed by atoms with E-state index in [-0.39, 0.29) is 5.60 Å². The molecule has 0 atom stereocenters. The lowest BCUT2D eigenvalue weighted by Gasteiger charge is -2.24. The molecule has 0 radical (unpaired) electrons. The van der Waals surface area contributed by atoms with Crippen molar-refractivity contribution < 1.29 is 4.84 Å². The van der Waals surface area contributed by atoms with Gasteiger partial charge in [0.2, 0.25) is 0 Å². The van der Waals surface area contributed by atoms with Gasteiger partial charge in [0.05, 0.1) is 5.60 Å². The van der Waals surface area contributed by atoms with Crippen LogP contribution in [-0.2, 0) is 4.84 Å². The normalized spacial score (nSPS) is 12.0. The van der Waals surface area contributed by atoms with Crippen molar-refractivity contribution in [2.24, 2.45) is 0 Å². The van der Waals surface area contributed by atoms with E-state index in [0.717, 1.165) is 19.4 Å². The molecule has 0 saturated heterocycles. The Labute approximate surface area is 159 Å². The summed E-state index contributed by atoms with van der Waals surface area (Å²) >= 11 is 0. The van der Waals surface area contributed by atoms with Crippen molar-refractivity contribution in [2.75, 3.05) is 6.54 Å². The van der Waals surface area contributed by atoms with Gasteiger partial charge in [-0.05, 0) is 26.7 Å². The van der Waals surface area contributed by atoms with Gasteiger partial charge in [-0.25, -0.2) is 5.48 Å². The molecule has 0 aromatic carbocycles. The maximum Gasteiger partial charge on any atom is 0.0840 e. The molecule has 0 rings (SSSR count). The highest BCUT2D eigenvalue weighted by Gasteiger charge is 2.17. The summed E-state index contributed by atoms with van der Waals surface area (Å²) in [5, 5.41) is 0. The van der Waals surface area contributed by atoms with Crippen LogP contribution in [0.3, 0.4) is 0 Å². The van der Waals surface area contributed by atoms with Crippen molar-refractivity contribution in [1.82, 2.24) is 5.48 Å². The van der Waals surface area contributed by atoms with Crippen molar-refractivity contribution in [3.63, 3.8) is 0 Å². The molecule has 0 saturated carbocycles. The third-order valence-electron chi connectivity index (χ3n) is 5.08. The molecule has 0 aliphatic rings. The van der Waals surface area contributed by atoms with Gasteiger partial charge in [-0.15, -0.1) is 0 Å². The summed E-state index contributed by atoms with van der Waals surface area (Å²) in [6, 6.07) is 0. The van der Waals surface area contributed by atoms with E-state index in [4.69, 9.17) is 4.84 Å². The predicted octanol–water partition coefficient (Wildman–Crippen LogP) is 7.96. The first kappa shape index (κ1) is 24.9. The van der Waals surface area contributed by atoms with Crippen molar-refractivity contribution in [3.8, 4) is 0 Å². The van der Waals surface area contributed by atoms with E-state index >= 15 is 0 Å². The molecule has 0 unspecified atom stereocenters. The van der Waals surface area contributed by atoms with E-state index in [9.17, 15) is 0 Å². The van der Waals surface area contributed by atoms with Crippen LogP contribution in [0.15, 0.2) is 0 Å². The first-order valence-corrected chi connectivity index (χ1v) is 11.5. The van der Waals surface area contributed by atoms with Gasteiger partial charge >= 0.3 is 0 Å². The minimum Gasteiger partial charge on any atom is -0.296 e. The summed E-state index contributed by atoms with van der Waals surface area (Å²) in [6.07, 6.45) is 23.7. The Bertz CT molecular complexity index is 252. The van der Waals surface area contributed by atoms with Gasteiger partial charge < -0.3 is 0 Å². The maximum absolute atomic E-state index is 5.74. The molecule has 1 N–H and O–H groups in total. The second kappa shape index (κ2) is 18.7. The number of hydroxylamine groups is 1. The van der Waals surface area contributed by atoms with Crippen LogP contribution in [0.25, 0.3) is 0 Å². The quantitative estimate of drug-likeness (QED) is 0.177. The lowest BCUT2D eigenvalue weighted by Crippen LogP contribution is -2.32. The van der Waals surface area contributed by atoms with Gasteiger partial charge in [-0.3, -0.25) is 4.84 Å². The minimum atomic E-state index is -0.0221. The lowest BCUT2D eigenvalue weighted by molar-refractivity contribution is -0.0892. The maximum atomic E-state index is 5.74. The van der Waals surface area contributed by atoms with Crippen molar-refractivity contribution in [3.05, 3.63) is 0 Å². The molecule has 2 nitrogen and oxygen atoms in total. The Kier molecular flexibility index (Phi) is 18.6. The van der Waals surface area contributed by atoms with Gasteiger partial charge in [0.15, 0.2) is 0 Å². The van der Waals surface area contributed by atoms with E-state index in [1.165, 1.54) is 96.3 Å². The first-order valence-electron chi connectivity index (χ1n) is 11.5. The van der Waals surface area contributed by atoms with Crippen molar-refractivity contribution in [2.45, 2.75) is 142 Å². The molecule has 0 aromatic heterocycles. The highest BCUT2D eigenvalue weighted by Crippen LogP contribution is 2.19. The molecule has 0 spiro atoms. The van der Waals surface area contributed by atoms with Gasteiger partial charge in [0.25, 0.3) is 0 Å². The number of nitrogens with one attached hydrogen (secondary N) is 1. The minimum absolute atomic E-state index is 0.0221. The number of hydrogen-bond donors (Lipinski definition) is 1. The van der Waals surface area contributed by atoms with Crippen LogP contribution in [0.1, 0.15) is 137 Å². The topological polar surface area (TPSA) is 21.3 Å². The van der Waals surface area contributed by atoms with Crippen LogP contribution < -0.4 is 5.48 Å². The summed E-state index contributed by atoms with van der Waals surface area (Å²) in [6.45, 7) is 9.79. The Hall–Kier alpha value is -0.0800. The molecule has 152 valence electrons. The van der Waals surface area contributed by atoms with Crippen molar-refractivity contribution >= 4 is 0 Å². The van der Waals surface area contributed by atoms with Crippen LogP contribution >= 0.6 is 0 Å². The largest absolute Gasteiger partial charge is 0.296 e. The highest BCUT2D eigenvalue weighted by atomic mass is 16.7. The van der Waals surface area contributed by atoms with Crippen molar-refractivity contribution in [1.29, 1.82) is 0 Å². The number of rotatable bonds is 20. The Morgan fingerprint density at radius 2 is 0.960 bits per heavy atom. The molecular formula is C23H49NO. The number of hydrogen-bond acceptors (Lipinski definition) is 2. The molecule has 0 amide bonds. The van der Waals surface area contributed by atoms with Crippen LogP contribution in [0, 0.1) is 0 Å². The first-order chi connectivity index (χ1) is 12.1. The molecule has 0 aliphatic heterocycles. The summed E-state index contributed by atoms with van der Waals surface area (Å²) < 4.78 is 0. The average molecular weight is 356 g/mol. The molecule has 2 heteroatoms. The molecule has 0 aliphatic carbocycles. The monoisotopic (exact) mass is 355 g/mol. The summed E-state index contributed by atoms with van der Waals surface area (Å²) in [5.74, 6) is 0. The third-order valence-corrected chi connectivity index (χ3v) is 5.08. The fourth-order valence-electron chi connectivity index (χ4n) is 3.32. The van der Waals surface area contributed by atoms with Crippen LogP contribution in [0.5, 0.6) is 0 Å². The Balaban J connectivity index is 3.18. The molecule has 0 aromatic rings. The van der Waals surface area contributed by atoms with Crippen LogP contribution in [0.4, 0.5) is 0 Å². The smallest absolute Gasteiger partial charge is 0.0840 e. The average Bonchev–Trinajstić information content (AvgIpc) is 2.58. The molecule has 25 heavy (non-hydrogen) atoms. The summed E-state index contributed by atoms with van der Waals surface area (Å²) in [7, 11) is 0. The van der Waals surface area contributed by atoms with Crippen LogP contribution in [-0.4, -0.2) is 12.1 Å². The zero-order chi connectivity index (χ0) is 18.6. The Morgan fingerprint density at radius 3 is 1.36 bits per heavy atom. The standard InChI is InChI=1S/C23H49NO/c1-5-7-8-9-10-11-12-13-14-15-16-17-18-19-20-21-23(3,4)25-24-22-6-2/h24H,5-22H2,1-4H3. The van der Waals surface area contributed by atoms with E-state index in [2.05, 4.69) is 33.2 Å². The zero-order valence-electron chi connectivity index (χ0n) is 18.1. The van der Waals surface area contributed by atoms with Gasteiger partial charge in [0.1, 0.15) is 0 Å². The highest BCUT2D eigenvalue weighted by molar-refractivity contribution is 4.67. The second-order valence-corrected chi connectivity index (χ2v) is 8.46. The molecule has 0 heterocycles. The third kappa shape index (κ3) is 20.1. The predicted molar refractivity (Wildman–Crippen MR) is 113 cm³/mol. The van der Waals surface area contributed by atoms with Gasteiger partial charge in [-0.2, -0.15) is 0 Å². The Morgan fingerprint density at radius 1 is 0.560 bits per heavy atom.